The molecule has 3 fully saturated rings. The number of halogens is 3. The summed E-state index contributed by atoms with van der Waals surface area (Å²) >= 11 is 20.1. The third kappa shape index (κ3) is 19.7. The predicted octanol–water partition coefficient (Wildman–Crippen LogP) is 19.1. The monoisotopic (exact) mass is 1610 g/mol. The normalized spacial score (nSPS) is 14.8. The second-order valence-corrected chi connectivity index (χ2v) is 37.3. The van der Waals surface area contributed by atoms with Gasteiger partial charge in [-0.05, 0) is 225 Å². The van der Waals surface area contributed by atoms with Crippen LogP contribution in [-0.4, -0.2) is 126 Å². The first-order valence-corrected chi connectivity index (χ1v) is 44.0. The molecule has 24 heteroatoms. The maximum Gasteiger partial charge on any atom is 0.178 e. The molecule has 9 aromatic carbocycles. The Morgan fingerprint density at radius 1 is 0.360 bits per heavy atom. The first-order chi connectivity index (χ1) is 53.2. The average molecular weight is 1620 g/mol. The number of aromatic nitrogens is 6. The molecule has 0 aliphatic heterocycles. The van der Waals surface area contributed by atoms with Gasteiger partial charge in [0.2, 0.25) is 0 Å². The first kappa shape index (κ1) is 80.4. The van der Waals surface area contributed by atoms with Crippen molar-refractivity contribution in [3.05, 3.63) is 231 Å². The number of H-pyrrole nitrogens is 3. The summed E-state index contributed by atoms with van der Waals surface area (Å²) in [6.07, 6.45) is 7.34. The number of nitrogens with one attached hydrogen (secondary N) is 3. The summed E-state index contributed by atoms with van der Waals surface area (Å²) in [5.74, 6) is 5.18. The molecule has 6 N–H and O–H groups in total. The van der Waals surface area contributed by atoms with Crippen LogP contribution in [0.4, 0.5) is 0 Å². The molecule has 0 saturated heterocycles. The summed E-state index contributed by atoms with van der Waals surface area (Å²) in [6, 6.07) is 55.7. The topological polar surface area (TPSA) is 277 Å². The Bertz CT molecular complexity index is 5080. The Labute approximate surface area is 664 Å². The maximum absolute atomic E-state index is 12.7. The number of para-hydroxylation sites is 3. The van der Waals surface area contributed by atoms with Crippen LogP contribution in [0.15, 0.2) is 197 Å². The SMILES string of the molecule is CC(C)Oc1ccccc1-c1cc2nc(C(CCO)c3ccc(S(=O)(=O)CC4CC4)cc3)[nH]c2cc1Cl.CC(C)Oc1ccccc1-c1cc2nc([C@@H](CCO)c3ccc(S(=O)(=O)CC4CC4)cc3)[nH]c2cc1Cl.CC(C)Oc1ccccc1-c1cc2nc([C@H](CCO)c3ccc(S(=O)(=O)CC4CC4)cc3)[nH]c2cc1Cl. The van der Waals surface area contributed by atoms with E-state index in [9.17, 15) is 40.6 Å². The summed E-state index contributed by atoms with van der Waals surface area (Å²) in [5.41, 5.74) is 12.4. The zero-order chi connectivity index (χ0) is 78.5. The van der Waals surface area contributed by atoms with E-state index in [1.54, 1.807) is 36.4 Å². The number of hydrogen-bond acceptors (Lipinski definition) is 15. The van der Waals surface area contributed by atoms with Crippen LogP contribution in [0.25, 0.3) is 66.5 Å². The number of rotatable bonds is 30. The fourth-order valence-electron chi connectivity index (χ4n) is 14.0. The van der Waals surface area contributed by atoms with Crippen LogP contribution < -0.4 is 14.2 Å². The van der Waals surface area contributed by atoms with Crippen molar-refractivity contribution in [2.45, 2.75) is 150 Å². The number of sulfone groups is 3. The molecule has 3 atom stereocenters. The summed E-state index contributed by atoms with van der Waals surface area (Å²) in [4.78, 5) is 25.7. The standard InChI is InChI=1S/3C29H31ClN2O4S/c3*1-18(2)36-28-6-4-3-5-23(28)24-15-26-27(16-25(24)30)32-29(31-26)22(13-14-33)20-9-11-21(12-10-20)37(34,35)17-19-7-8-19/h3*3-6,9-12,15-16,18-19,22,33H,7-8,13-14,17H2,1-2H3,(H,31,32)/t2*22-;/m10./s1. The molecule has 0 bridgehead atoms. The van der Waals surface area contributed by atoms with Gasteiger partial charge in [-0.15, -0.1) is 0 Å². The molecule has 15 rings (SSSR count). The summed E-state index contributed by atoms with van der Waals surface area (Å²) in [5, 5.41) is 31.1. The van der Waals surface area contributed by atoms with Crippen molar-refractivity contribution >= 4 is 97.4 Å². The van der Waals surface area contributed by atoms with E-state index < -0.39 is 29.5 Å². The zero-order valence-electron chi connectivity index (χ0n) is 62.8. The second-order valence-electron chi connectivity index (χ2n) is 30.0. The van der Waals surface area contributed by atoms with Crippen LogP contribution in [0.1, 0.15) is 151 Å². The van der Waals surface area contributed by atoms with Crippen LogP contribution in [0.2, 0.25) is 15.1 Å². The Morgan fingerprint density at radius 3 is 0.829 bits per heavy atom. The van der Waals surface area contributed by atoms with Crippen LogP contribution in [0.5, 0.6) is 17.2 Å². The lowest BCUT2D eigenvalue weighted by Crippen LogP contribution is -2.10. The molecule has 3 saturated carbocycles. The fourth-order valence-corrected chi connectivity index (χ4v) is 19.9. The average Bonchev–Trinajstić information content (AvgIpc) is 1.62. The fraction of sp³-hybridized carbons (Fsp3) is 0.345. The third-order valence-corrected chi connectivity index (χ3v) is 26.7. The second kappa shape index (κ2) is 34.8. The molecule has 3 aliphatic rings. The zero-order valence-corrected chi connectivity index (χ0v) is 67.6. The number of benzene rings is 9. The van der Waals surface area contributed by atoms with E-state index in [0.29, 0.717) is 84.2 Å². The van der Waals surface area contributed by atoms with Crippen molar-refractivity contribution < 1.29 is 54.8 Å². The minimum absolute atomic E-state index is 0.0231. The smallest absolute Gasteiger partial charge is 0.178 e. The van der Waals surface area contributed by atoms with Crippen LogP contribution in [0.3, 0.4) is 0 Å². The van der Waals surface area contributed by atoms with E-state index in [0.717, 1.165) is 139 Å². The first-order valence-electron chi connectivity index (χ1n) is 37.9. The minimum Gasteiger partial charge on any atom is -0.490 e. The molecule has 3 aliphatic carbocycles. The van der Waals surface area contributed by atoms with Crippen molar-refractivity contribution in [3.8, 4) is 50.6 Å². The molecule has 0 radical (unpaired) electrons. The summed E-state index contributed by atoms with van der Waals surface area (Å²) in [6.45, 7) is 11.8. The number of hydrogen-bond donors (Lipinski definition) is 6. The molecule has 111 heavy (non-hydrogen) atoms. The number of aliphatic hydroxyl groups excluding tert-OH is 3. The van der Waals surface area contributed by atoms with Crippen LogP contribution in [-0.2, 0) is 29.5 Å². The van der Waals surface area contributed by atoms with E-state index in [4.69, 9.17) is 64.0 Å². The lowest BCUT2D eigenvalue weighted by atomic mass is 9.95. The number of nitrogens with zero attached hydrogens (tertiary/aromatic N) is 3. The van der Waals surface area contributed by atoms with E-state index in [1.807, 2.05) is 187 Å². The van der Waals surface area contributed by atoms with Crippen molar-refractivity contribution in [2.75, 3.05) is 37.1 Å². The predicted molar refractivity (Wildman–Crippen MR) is 441 cm³/mol. The molecule has 0 spiro atoms. The molecular weight excluding hydrogens is 1520 g/mol. The molecule has 18 nitrogen and oxygen atoms in total. The minimum atomic E-state index is -3.28. The van der Waals surface area contributed by atoms with Gasteiger partial charge in [-0.1, -0.05) is 126 Å². The van der Waals surface area contributed by atoms with Crippen LogP contribution in [0, 0.1) is 17.8 Å². The van der Waals surface area contributed by atoms with E-state index in [-0.39, 0.29) is 73.1 Å². The van der Waals surface area contributed by atoms with E-state index in [2.05, 4.69) is 15.0 Å². The summed E-state index contributed by atoms with van der Waals surface area (Å²) < 4.78 is 94.0. The van der Waals surface area contributed by atoms with Crippen LogP contribution >= 0.6 is 34.8 Å². The van der Waals surface area contributed by atoms with Crippen molar-refractivity contribution in [1.29, 1.82) is 0 Å². The largest absolute Gasteiger partial charge is 0.490 e. The Morgan fingerprint density at radius 2 is 0.604 bits per heavy atom. The number of imidazole rings is 3. The maximum atomic E-state index is 12.7. The number of aromatic amines is 3. The Balaban J connectivity index is 0.000000146. The van der Waals surface area contributed by atoms with Crippen molar-refractivity contribution in [1.82, 2.24) is 29.9 Å². The van der Waals surface area contributed by atoms with Gasteiger partial charge in [0.05, 0.1) is 98.4 Å². The van der Waals surface area contributed by atoms with E-state index >= 15 is 0 Å². The highest BCUT2D eigenvalue weighted by molar-refractivity contribution is 7.92. The molecule has 1 unspecified atom stereocenters. The van der Waals surface area contributed by atoms with Crippen molar-refractivity contribution in [3.63, 3.8) is 0 Å². The van der Waals surface area contributed by atoms with Gasteiger partial charge in [-0.2, -0.15) is 0 Å². The van der Waals surface area contributed by atoms with Gasteiger partial charge in [-0.3, -0.25) is 0 Å². The Kier molecular flexibility index (Phi) is 25.2. The molecule has 12 aromatic rings. The number of fused-ring (bicyclic) bond motifs is 3. The van der Waals surface area contributed by atoms with Gasteiger partial charge < -0.3 is 44.5 Å². The highest BCUT2D eigenvalue weighted by atomic mass is 35.5. The van der Waals surface area contributed by atoms with Gasteiger partial charge in [0.15, 0.2) is 29.5 Å². The number of ether oxygens (including phenoxy) is 3. The molecular formula is C87H93Cl3N6O12S3. The highest BCUT2D eigenvalue weighted by Crippen LogP contribution is 2.44. The molecule has 3 heterocycles. The van der Waals surface area contributed by atoms with Gasteiger partial charge in [0.25, 0.3) is 0 Å². The van der Waals surface area contributed by atoms with Gasteiger partial charge in [0.1, 0.15) is 34.7 Å². The number of aliphatic hydroxyl groups is 3. The van der Waals surface area contributed by atoms with Gasteiger partial charge in [-0.25, -0.2) is 40.2 Å². The third-order valence-electron chi connectivity index (χ3n) is 20.0. The lowest BCUT2D eigenvalue weighted by Gasteiger charge is -2.15. The molecule has 3 aromatic heterocycles. The van der Waals surface area contributed by atoms with E-state index in [1.165, 1.54) is 0 Å². The Hall–Kier alpha value is -8.61. The molecule has 582 valence electrons. The van der Waals surface area contributed by atoms with Gasteiger partial charge in [0, 0.05) is 71.0 Å². The molecule has 0 amide bonds. The highest BCUT2D eigenvalue weighted by Gasteiger charge is 2.33. The summed E-state index contributed by atoms with van der Waals surface area (Å²) in [7, 11) is -9.85. The van der Waals surface area contributed by atoms with Crippen molar-refractivity contribution in [2.24, 2.45) is 17.8 Å². The quantitative estimate of drug-likeness (QED) is 0.0244. The lowest BCUT2D eigenvalue weighted by molar-refractivity contribution is 0.243. The van der Waals surface area contributed by atoms with Gasteiger partial charge >= 0.3 is 0 Å².